The molecule has 0 aliphatic carbocycles. The molecular weight excluding hydrogens is 280 g/mol. The molecule has 0 bridgehead atoms. The number of thiophene rings is 1. The molecule has 0 spiro atoms. The number of benzene rings is 1. The molecule has 90 valence electrons. The van der Waals surface area contributed by atoms with Crippen LogP contribution in [0.5, 0.6) is 0 Å². The number of nitrogens with one attached hydrogen (secondary N) is 1. The summed E-state index contributed by atoms with van der Waals surface area (Å²) in [7, 11) is 1.83. The van der Waals surface area contributed by atoms with Gasteiger partial charge in [-0.3, -0.25) is 0 Å². The number of hydrogen-bond donors (Lipinski definition) is 1. The summed E-state index contributed by atoms with van der Waals surface area (Å²) in [6.07, 6.45) is 0. The molecular formula is C12H10Cl2FNS. The van der Waals surface area contributed by atoms with E-state index in [1.165, 1.54) is 23.5 Å². The average Bonchev–Trinajstić information content (AvgIpc) is 2.62. The standard InChI is InChI=1S/C12H10Cl2FNS/c1-16-11(7-2-4-8(15)5-3-7)9-6-10(13)17-12(9)14/h2-6,11,16H,1H3. The fraction of sp³-hybridized carbons (Fsp3) is 0.167. The van der Waals surface area contributed by atoms with Gasteiger partial charge in [-0.05, 0) is 30.8 Å². The normalized spacial score (nSPS) is 12.7. The molecule has 0 aliphatic heterocycles. The van der Waals surface area contributed by atoms with Gasteiger partial charge in [0.25, 0.3) is 0 Å². The summed E-state index contributed by atoms with van der Waals surface area (Å²) in [5, 5.41) is 3.15. The van der Waals surface area contributed by atoms with Gasteiger partial charge in [0.15, 0.2) is 0 Å². The highest BCUT2D eigenvalue weighted by molar-refractivity contribution is 7.20. The lowest BCUT2D eigenvalue weighted by atomic mass is 10.0. The summed E-state index contributed by atoms with van der Waals surface area (Å²) in [6.45, 7) is 0. The zero-order chi connectivity index (χ0) is 12.4. The second kappa shape index (κ2) is 5.36. The van der Waals surface area contributed by atoms with Crippen molar-refractivity contribution in [2.75, 3.05) is 7.05 Å². The molecule has 0 radical (unpaired) electrons. The Hall–Kier alpha value is -0.610. The van der Waals surface area contributed by atoms with Crippen molar-refractivity contribution in [1.29, 1.82) is 0 Å². The molecule has 1 N–H and O–H groups in total. The third-order valence-electron chi connectivity index (χ3n) is 2.49. The highest BCUT2D eigenvalue weighted by Crippen LogP contribution is 2.37. The minimum Gasteiger partial charge on any atom is -0.309 e. The van der Waals surface area contributed by atoms with E-state index in [9.17, 15) is 4.39 Å². The minimum atomic E-state index is -0.252. The Labute approximate surface area is 113 Å². The van der Waals surface area contributed by atoms with E-state index in [4.69, 9.17) is 23.2 Å². The van der Waals surface area contributed by atoms with E-state index >= 15 is 0 Å². The summed E-state index contributed by atoms with van der Waals surface area (Å²) in [5.41, 5.74) is 1.86. The van der Waals surface area contributed by atoms with Crippen LogP contribution in [-0.2, 0) is 0 Å². The van der Waals surface area contributed by atoms with Gasteiger partial charge in [0.2, 0.25) is 0 Å². The first-order valence-corrected chi connectivity index (χ1v) is 6.56. The van der Waals surface area contributed by atoms with Crippen LogP contribution in [0.1, 0.15) is 17.2 Å². The molecule has 2 aromatic rings. The summed E-state index contributed by atoms with van der Waals surface area (Å²) in [4.78, 5) is 0. The maximum Gasteiger partial charge on any atom is 0.123 e. The van der Waals surface area contributed by atoms with Crippen molar-refractivity contribution < 1.29 is 4.39 Å². The smallest absolute Gasteiger partial charge is 0.123 e. The number of rotatable bonds is 3. The first-order chi connectivity index (χ1) is 8.11. The van der Waals surface area contributed by atoms with E-state index < -0.39 is 0 Å². The summed E-state index contributed by atoms with van der Waals surface area (Å²) >= 11 is 13.4. The maximum absolute atomic E-state index is 12.9. The predicted octanol–water partition coefficient (Wildman–Crippen LogP) is 4.50. The molecule has 1 heterocycles. The van der Waals surface area contributed by atoms with Crippen LogP contribution in [0.2, 0.25) is 8.67 Å². The van der Waals surface area contributed by atoms with Gasteiger partial charge < -0.3 is 5.32 Å². The third kappa shape index (κ3) is 2.80. The van der Waals surface area contributed by atoms with Crippen molar-refractivity contribution in [1.82, 2.24) is 5.32 Å². The van der Waals surface area contributed by atoms with E-state index in [2.05, 4.69) is 5.32 Å². The highest BCUT2D eigenvalue weighted by atomic mass is 35.5. The number of hydrogen-bond acceptors (Lipinski definition) is 2. The molecule has 1 nitrogen and oxygen atoms in total. The lowest BCUT2D eigenvalue weighted by Crippen LogP contribution is -2.17. The van der Waals surface area contributed by atoms with Gasteiger partial charge in [-0.25, -0.2) is 4.39 Å². The van der Waals surface area contributed by atoms with Gasteiger partial charge in [-0.15, -0.1) is 11.3 Å². The van der Waals surface area contributed by atoms with E-state index in [0.717, 1.165) is 11.1 Å². The van der Waals surface area contributed by atoms with Crippen molar-refractivity contribution >= 4 is 34.5 Å². The van der Waals surface area contributed by atoms with Gasteiger partial charge in [0, 0.05) is 5.56 Å². The Morgan fingerprint density at radius 2 is 1.88 bits per heavy atom. The van der Waals surface area contributed by atoms with Crippen molar-refractivity contribution in [2.24, 2.45) is 0 Å². The van der Waals surface area contributed by atoms with Crippen LogP contribution in [0, 0.1) is 5.82 Å². The van der Waals surface area contributed by atoms with E-state index in [1.54, 1.807) is 12.1 Å². The fourth-order valence-corrected chi connectivity index (χ4v) is 3.24. The van der Waals surface area contributed by atoms with Crippen LogP contribution in [0.15, 0.2) is 30.3 Å². The van der Waals surface area contributed by atoms with Gasteiger partial charge in [0.05, 0.1) is 14.7 Å². The zero-order valence-corrected chi connectivity index (χ0v) is 11.3. The Bertz CT molecular complexity index is 510. The third-order valence-corrected chi connectivity index (χ3v) is 4.00. The Morgan fingerprint density at radius 3 is 2.35 bits per heavy atom. The predicted molar refractivity (Wildman–Crippen MR) is 71.6 cm³/mol. The maximum atomic E-state index is 12.9. The minimum absolute atomic E-state index is 0.0770. The molecule has 17 heavy (non-hydrogen) atoms. The van der Waals surface area contributed by atoms with E-state index in [-0.39, 0.29) is 11.9 Å². The van der Waals surface area contributed by atoms with Crippen LogP contribution in [-0.4, -0.2) is 7.05 Å². The van der Waals surface area contributed by atoms with Crippen LogP contribution in [0.25, 0.3) is 0 Å². The van der Waals surface area contributed by atoms with Crippen molar-refractivity contribution in [3.63, 3.8) is 0 Å². The Kier molecular flexibility index (Phi) is 4.05. The second-order valence-electron chi connectivity index (χ2n) is 3.55. The molecule has 1 unspecified atom stereocenters. The molecule has 0 amide bonds. The molecule has 1 atom stereocenters. The molecule has 0 saturated heterocycles. The van der Waals surface area contributed by atoms with Crippen LogP contribution in [0.3, 0.4) is 0 Å². The lowest BCUT2D eigenvalue weighted by Gasteiger charge is -2.16. The molecule has 5 heteroatoms. The van der Waals surface area contributed by atoms with Crippen LogP contribution >= 0.6 is 34.5 Å². The monoisotopic (exact) mass is 289 g/mol. The first-order valence-electron chi connectivity index (χ1n) is 4.99. The molecule has 1 aromatic carbocycles. The largest absolute Gasteiger partial charge is 0.309 e. The first kappa shape index (κ1) is 12.8. The SMILES string of the molecule is CNC(c1ccc(F)cc1)c1cc(Cl)sc1Cl. The topological polar surface area (TPSA) is 12.0 Å². The van der Waals surface area contributed by atoms with Crippen molar-refractivity contribution in [3.05, 3.63) is 55.9 Å². The Morgan fingerprint density at radius 1 is 1.24 bits per heavy atom. The number of halogens is 3. The van der Waals surface area contributed by atoms with Gasteiger partial charge in [0.1, 0.15) is 5.82 Å². The fourth-order valence-electron chi connectivity index (χ4n) is 1.71. The Balaban J connectivity index is 2.39. The zero-order valence-electron chi connectivity index (χ0n) is 9.01. The van der Waals surface area contributed by atoms with Gasteiger partial charge >= 0.3 is 0 Å². The molecule has 0 aliphatic rings. The van der Waals surface area contributed by atoms with E-state index in [0.29, 0.717) is 8.67 Å². The van der Waals surface area contributed by atoms with Crippen molar-refractivity contribution in [3.8, 4) is 0 Å². The summed E-state index contributed by atoms with van der Waals surface area (Å²) in [5.74, 6) is -0.252. The van der Waals surface area contributed by atoms with Crippen molar-refractivity contribution in [2.45, 2.75) is 6.04 Å². The highest BCUT2D eigenvalue weighted by Gasteiger charge is 2.17. The quantitative estimate of drug-likeness (QED) is 0.877. The van der Waals surface area contributed by atoms with Gasteiger partial charge in [-0.1, -0.05) is 35.3 Å². The molecule has 0 saturated carbocycles. The average molecular weight is 290 g/mol. The van der Waals surface area contributed by atoms with Gasteiger partial charge in [-0.2, -0.15) is 0 Å². The summed E-state index contributed by atoms with van der Waals surface area (Å²) in [6, 6.07) is 8.09. The lowest BCUT2D eigenvalue weighted by molar-refractivity contribution is 0.623. The van der Waals surface area contributed by atoms with Crippen LogP contribution in [0.4, 0.5) is 4.39 Å². The molecule has 0 fully saturated rings. The summed E-state index contributed by atoms with van der Waals surface area (Å²) < 4.78 is 14.2. The van der Waals surface area contributed by atoms with E-state index in [1.807, 2.05) is 13.1 Å². The van der Waals surface area contributed by atoms with Crippen LogP contribution < -0.4 is 5.32 Å². The molecule has 1 aromatic heterocycles. The molecule has 2 rings (SSSR count). The second-order valence-corrected chi connectivity index (χ2v) is 5.84.